The van der Waals surface area contributed by atoms with Gasteiger partial charge in [-0.1, -0.05) is 60.7 Å². The summed E-state index contributed by atoms with van der Waals surface area (Å²) in [4.78, 5) is 42.7. The highest BCUT2D eigenvalue weighted by Gasteiger charge is 2.51. The van der Waals surface area contributed by atoms with Crippen LogP contribution in [0.2, 0.25) is 0 Å². The summed E-state index contributed by atoms with van der Waals surface area (Å²) in [6, 6.07) is 18.4. The van der Waals surface area contributed by atoms with Gasteiger partial charge in [-0.25, -0.2) is 4.79 Å². The molecule has 0 bridgehead atoms. The summed E-state index contributed by atoms with van der Waals surface area (Å²) < 4.78 is 39.3. The number of rotatable bonds is 13. The summed E-state index contributed by atoms with van der Waals surface area (Å²) in [6.07, 6.45) is -4.09. The fourth-order valence-corrected chi connectivity index (χ4v) is 3.94. The van der Waals surface area contributed by atoms with Crippen LogP contribution in [0.5, 0.6) is 0 Å². The van der Waals surface area contributed by atoms with Crippen LogP contribution in [0.3, 0.4) is 0 Å². The summed E-state index contributed by atoms with van der Waals surface area (Å²) in [7, 11) is 0. The number of hydrogen-bond acceptors (Lipinski definition) is 6. The maximum Gasteiger partial charge on any atom is 0.493 e. The van der Waals surface area contributed by atoms with Gasteiger partial charge in [0.2, 0.25) is 5.91 Å². The molecule has 0 radical (unpaired) electrons. The number of nitrogens with one attached hydrogen (secondary N) is 1. The number of nitrogens with zero attached hydrogens (tertiary/aromatic N) is 1. The Kier molecular flexibility index (Phi) is 11.5. The third-order valence-corrected chi connectivity index (χ3v) is 5.85. The SMILES string of the molecule is NCCC[C@@](CCc1ccccc1)(C(=O)NCCCc1ccccc1)N(OC(=O)C(F)(F)F)C(=O)CN. The Morgan fingerprint density at radius 1 is 0.838 bits per heavy atom. The Hall–Kier alpha value is -3.44. The summed E-state index contributed by atoms with van der Waals surface area (Å²) in [6.45, 7) is -0.504. The van der Waals surface area contributed by atoms with Crippen LogP contribution in [0.4, 0.5) is 13.2 Å². The molecule has 2 aromatic carbocycles. The maximum atomic E-state index is 13.6. The summed E-state index contributed by atoms with van der Waals surface area (Å²) in [5.74, 6) is -4.51. The second kappa shape index (κ2) is 14.3. The standard InChI is InChI=1S/C26H33F3N4O4/c27-26(28,29)24(36)37-33(22(34)19-31)25(15-8-17-30,16-14-21-11-5-2-6-12-21)23(35)32-18-7-13-20-9-3-1-4-10-20/h1-6,9-12H,7-8,13-19,30-31H2,(H,32,35)/t25-/m1/s1. The van der Waals surface area contributed by atoms with Crippen molar-refractivity contribution in [3.8, 4) is 0 Å². The van der Waals surface area contributed by atoms with E-state index in [1.54, 1.807) is 30.3 Å². The molecule has 0 fully saturated rings. The number of aryl methyl sites for hydroxylation is 2. The topological polar surface area (TPSA) is 128 Å². The Morgan fingerprint density at radius 2 is 1.41 bits per heavy atom. The van der Waals surface area contributed by atoms with E-state index in [-0.39, 0.29) is 43.8 Å². The zero-order valence-corrected chi connectivity index (χ0v) is 20.5. The Labute approximate surface area is 214 Å². The van der Waals surface area contributed by atoms with Gasteiger partial charge in [0.25, 0.3) is 5.91 Å². The highest BCUT2D eigenvalue weighted by atomic mass is 19.4. The zero-order chi connectivity index (χ0) is 27.3. The van der Waals surface area contributed by atoms with Crippen LogP contribution in [0.1, 0.15) is 36.8 Å². The minimum Gasteiger partial charge on any atom is -0.354 e. The molecule has 0 aliphatic heterocycles. The van der Waals surface area contributed by atoms with Crippen LogP contribution in [0, 0.1) is 0 Å². The molecule has 2 amide bonds. The first-order valence-electron chi connectivity index (χ1n) is 12.0. The van der Waals surface area contributed by atoms with Gasteiger partial charge in [0.15, 0.2) is 5.54 Å². The van der Waals surface area contributed by atoms with Gasteiger partial charge in [0, 0.05) is 6.54 Å². The smallest absolute Gasteiger partial charge is 0.354 e. The van der Waals surface area contributed by atoms with Crippen LogP contribution >= 0.6 is 0 Å². The lowest BCUT2D eigenvalue weighted by Gasteiger charge is -2.40. The van der Waals surface area contributed by atoms with Crippen molar-refractivity contribution < 1.29 is 32.4 Å². The Balaban J connectivity index is 2.37. The van der Waals surface area contributed by atoms with Gasteiger partial charge in [-0.2, -0.15) is 18.2 Å². The van der Waals surface area contributed by atoms with E-state index in [2.05, 4.69) is 10.2 Å². The van der Waals surface area contributed by atoms with Gasteiger partial charge >= 0.3 is 12.1 Å². The quantitative estimate of drug-likeness (QED) is 0.274. The van der Waals surface area contributed by atoms with E-state index in [9.17, 15) is 27.6 Å². The van der Waals surface area contributed by atoms with E-state index in [1.807, 2.05) is 30.3 Å². The highest BCUT2D eigenvalue weighted by Crippen LogP contribution is 2.31. The lowest BCUT2D eigenvalue weighted by molar-refractivity contribution is -0.254. The van der Waals surface area contributed by atoms with Gasteiger partial charge in [-0.15, -0.1) is 0 Å². The summed E-state index contributed by atoms with van der Waals surface area (Å²) in [5.41, 5.74) is 11.0. The maximum absolute atomic E-state index is 13.6. The number of benzene rings is 2. The van der Waals surface area contributed by atoms with Crippen molar-refractivity contribution in [2.75, 3.05) is 19.6 Å². The lowest BCUT2D eigenvalue weighted by atomic mass is 9.84. The average Bonchev–Trinajstić information content (AvgIpc) is 2.90. The second-order valence-corrected chi connectivity index (χ2v) is 8.52. The van der Waals surface area contributed by atoms with E-state index in [0.29, 0.717) is 12.8 Å². The first-order valence-corrected chi connectivity index (χ1v) is 12.0. The van der Waals surface area contributed by atoms with Crippen molar-refractivity contribution in [2.45, 2.75) is 50.2 Å². The zero-order valence-electron chi connectivity index (χ0n) is 20.5. The first-order chi connectivity index (χ1) is 17.6. The predicted molar refractivity (Wildman–Crippen MR) is 132 cm³/mol. The van der Waals surface area contributed by atoms with E-state index >= 15 is 0 Å². The monoisotopic (exact) mass is 522 g/mol. The van der Waals surface area contributed by atoms with Crippen LogP contribution in [0.25, 0.3) is 0 Å². The van der Waals surface area contributed by atoms with Crippen molar-refractivity contribution in [3.05, 3.63) is 71.8 Å². The van der Waals surface area contributed by atoms with Crippen molar-refractivity contribution in [2.24, 2.45) is 11.5 Å². The van der Waals surface area contributed by atoms with Gasteiger partial charge in [0.1, 0.15) is 0 Å². The molecular weight excluding hydrogens is 489 g/mol. The molecule has 202 valence electrons. The molecule has 0 aliphatic rings. The molecule has 0 aliphatic carbocycles. The molecule has 1 atom stereocenters. The fraction of sp³-hybridized carbons (Fsp3) is 0.423. The fourth-order valence-electron chi connectivity index (χ4n) is 3.94. The predicted octanol–water partition coefficient (Wildman–Crippen LogP) is 2.65. The number of carbonyl (C=O) groups excluding carboxylic acids is 3. The van der Waals surface area contributed by atoms with Crippen LogP contribution in [-0.2, 0) is 32.1 Å². The Bertz CT molecular complexity index is 1010. The number of hydroxylamine groups is 2. The van der Waals surface area contributed by atoms with E-state index in [4.69, 9.17) is 11.5 Å². The van der Waals surface area contributed by atoms with Crippen LogP contribution in [0.15, 0.2) is 60.7 Å². The molecule has 8 nitrogen and oxygen atoms in total. The molecular formula is C26H33F3N4O4. The van der Waals surface area contributed by atoms with Crippen molar-refractivity contribution >= 4 is 17.8 Å². The van der Waals surface area contributed by atoms with Gasteiger partial charge in [-0.3, -0.25) is 9.59 Å². The molecule has 0 saturated heterocycles. The first kappa shape index (κ1) is 29.8. The molecule has 5 N–H and O–H groups in total. The molecule has 0 unspecified atom stereocenters. The van der Waals surface area contributed by atoms with E-state index < -0.39 is 36.0 Å². The van der Waals surface area contributed by atoms with Crippen LogP contribution < -0.4 is 16.8 Å². The van der Waals surface area contributed by atoms with Gasteiger partial charge in [0.05, 0.1) is 6.54 Å². The molecule has 0 heterocycles. The average molecular weight is 523 g/mol. The number of amides is 2. The van der Waals surface area contributed by atoms with Crippen LogP contribution in [-0.4, -0.2) is 54.2 Å². The third kappa shape index (κ3) is 8.87. The minimum absolute atomic E-state index is 0.0895. The normalized spacial score (nSPS) is 12.9. The number of carbonyl (C=O) groups is 3. The molecule has 2 rings (SSSR count). The molecule has 0 aromatic heterocycles. The molecule has 0 spiro atoms. The lowest BCUT2D eigenvalue weighted by Crippen LogP contribution is -2.63. The minimum atomic E-state index is -5.39. The second-order valence-electron chi connectivity index (χ2n) is 8.52. The molecule has 2 aromatic rings. The van der Waals surface area contributed by atoms with Gasteiger partial charge in [-0.05, 0) is 56.2 Å². The van der Waals surface area contributed by atoms with Gasteiger partial charge < -0.3 is 21.6 Å². The van der Waals surface area contributed by atoms with Crippen molar-refractivity contribution in [1.82, 2.24) is 10.4 Å². The number of halogens is 3. The third-order valence-electron chi connectivity index (χ3n) is 5.85. The molecule has 11 heteroatoms. The number of hydrogen-bond donors (Lipinski definition) is 3. The van der Waals surface area contributed by atoms with Crippen molar-refractivity contribution in [1.29, 1.82) is 0 Å². The molecule has 0 saturated carbocycles. The number of nitrogens with two attached hydrogens (primary N) is 2. The number of alkyl halides is 3. The van der Waals surface area contributed by atoms with E-state index in [1.165, 1.54) is 0 Å². The Morgan fingerprint density at radius 3 is 1.92 bits per heavy atom. The summed E-state index contributed by atoms with van der Waals surface area (Å²) in [5, 5.41) is 2.94. The summed E-state index contributed by atoms with van der Waals surface area (Å²) >= 11 is 0. The highest BCUT2D eigenvalue weighted by molar-refractivity contribution is 5.92. The van der Waals surface area contributed by atoms with Crippen molar-refractivity contribution in [3.63, 3.8) is 0 Å². The molecule has 37 heavy (non-hydrogen) atoms. The largest absolute Gasteiger partial charge is 0.493 e. The van der Waals surface area contributed by atoms with E-state index in [0.717, 1.165) is 11.1 Å².